The number of hydrogen-bond acceptors (Lipinski definition) is 3. The van der Waals surface area contributed by atoms with Crippen LogP contribution in [0.25, 0.3) is 0 Å². The van der Waals surface area contributed by atoms with Crippen LogP contribution >= 0.6 is 0 Å². The SMILES string of the molecule is Cc1occc1C(=O)NC(Cc1ccccc1)C(=O)O. The molecule has 1 aromatic heterocycles. The van der Waals surface area contributed by atoms with Crippen molar-refractivity contribution in [2.45, 2.75) is 19.4 Å². The average molecular weight is 273 g/mol. The zero-order valence-electron chi connectivity index (χ0n) is 11.0. The number of benzene rings is 1. The Morgan fingerprint density at radius 1 is 1.25 bits per heavy atom. The lowest BCUT2D eigenvalue weighted by atomic mass is 10.1. The van der Waals surface area contributed by atoms with Crippen LogP contribution in [0, 0.1) is 6.92 Å². The van der Waals surface area contributed by atoms with Crippen LogP contribution in [0.15, 0.2) is 47.1 Å². The van der Waals surface area contributed by atoms with Gasteiger partial charge in [0.05, 0.1) is 11.8 Å². The highest BCUT2D eigenvalue weighted by Gasteiger charge is 2.22. The van der Waals surface area contributed by atoms with E-state index in [0.29, 0.717) is 11.3 Å². The highest BCUT2D eigenvalue weighted by molar-refractivity contribution is 5.97. The predicted molar refractivity (Wildman–Crippen MR) is 72.5 cm³/mol. The molecular weight excluding hydrogens is 258 g/mol. The summed E-state index contributed by atoms with van der Waals surface area (Å²) in [5.41, 5.74) is 1.20. The summed E-state index contributed by atoms with van der Waals surface area (Å²) in [7, 11) is 0. The van der Waals surface area contributed by atoms with Crippen LogP contribution in [0.2, 0.25) is 0 Å². The van der Waals surface area contributed by atoms with Crippen LogP contribution < -0.4 is 5.32 Å². The topological polar surface area (TPSA) is 79.5 Å². The summed E-state index contributed by atoms with van der Waals surface area (Å²) >= 11 is 0. The lowest BCUT2D eigenvalue weighted by molar-refractivity contribution is -0.139. The predicted octanol–water partition coefficient (Wildman–Crippen LogP) is 2.01. The first kappa shape index (κ1) is 13.9. The molecule has 1 heterocycles. The summed E-state index contributed by atoms with van der Waals surface area (Å²) < 4.78 is 5.04. The molecule has 0 aliphatic heterocycles. The summed E-state index contributed by atoms with van der Waals surface area (Å²) in [6.45, 7) is 1.65. The second kappa shape index (κ2) is 6.06. The number of hydrogen-bond donors (Lipinski definition) is 2. The van der Waals surface area contributed by atoms with Crippen molar-refractivity contribution in [1.82, 2.24) is 5.32 Å². The molecule has 1 atom stereocenters. The maximum absolute atomic E-state index is 12.0. The average Bonchev–Trinajstić information content (AvgIpc) is 2.85. The Kier molecular flexibility index (Phi) is 4.20. The number of carboxylic acids is 1. The van der Waals surface area contributed by atoms with Gasteiger partial charge in [0, 0.05) is 6.42 Å². The van der Waals surface area contributed by atoms with Crippen LogP contribution in [0.1, 0.15) is 21.7 Å². The Bertz CT molecular complexity index is 603. The number of carbonyl (C=O) groups excluding carboxylic acids is 1. The maximum atomic E-state index is 12.0. The van der Waals surface area contributed by atoms with Crippen molar-refractivity contribution in [3.05, 3.63) is 59.5 Å². The van der Waals surface area contributed by atoms with Gasteiger partial charge in [0.2, 0.25) is 0 Å². The van der Waals surface area contributed by atoms with E-state index in [1.807, 2.05) is 30.3 Å². The Hall–Kier alpha value is -2.56. The van der Waals surface area contributed by atoms with Crippen molar-refractivity contribution in [2.75, 3.05) is 0 Å². The smallest absolute Gasteiger partial charge is 0.326 e. The Morgan fingerprint density at radius 2 is 1.95 bits per heavy atom. The van der Waals surface area contributed by atoms with Crippen LogP contribution in [-0.2, 0) is 11.2 Å². The van der Waals surface area contributed by atoms with Crippen molar-refractivity contribution >= 4 is 11.9 Å². The summed E-state index contributed by atoms with van der Waals surface area (Å²) in [5.74, 6) is -1.05. The number of aryl methyl sites for hydroxylation is 1. The minimum Gasteiger partial charge on any atom is -0.480 e. The molecule has 0 fully saturated rings. The minimum absolute atomic E-state index is 0.235. The number of nitrogens with one attached hydrogen (secondary N) is 1. The van der Waals surface area contributed by atoms with Gasteiger partial charge in [0.25, 0.3) is 5.91 Å². The van der Waals surface area contributed by atoms with Crippen molar-refractivity contribution in [1.29, 1.82) is 0 Å². The van der Waals surface area contributed by atoms with Gasteiger partial charge in [0.1, 0.15) is 11.8 Å². The molecule has 0 saturated heterocycles. The fraction of sp³-hybridized carbons (Fsp3) is 0.200. The lowest BCUT2D eigenvalue weighted by Crippen LogP contribution is -2.42. The molecule has 2 N–H and O–H groups in total. The molecular formula is C15H15NO4. The highest BCUT2D eigenvalue weighted by atomic mass is 16.4. The van der Waals surface area contributed by atoms with E-state index in [1.54, 1.807) is 6.92 Å². The van der Waals surface area contributed by atoms with Crippen LogP contribution in [0.3, 0.4) is 0 Å². The molecule has 20 heavy (non-hydrogen) atoms. The van der Waals surface area contributed by atoms with Crippen molar-refractivity contribution in [3.8, 4) is 0 Å². The van der Waals surface area contributed by atoms with E-state index in [9.17, 15) is 14.7 Å². The third-order valence-corrected chi connectivity index (χ3v) is 2.99. The molecule has 2 aromatic rings. The molecule has 0 bridgehead atoms. The first-order valence-corrected chi connectivity index (χ1v) is 6.19. The Morgan fingerprint density at radius 3 is 2.50 bits per heavy atom. The molecule has 0 radical (unpaired) electrons. The molecule has 2 rings (SSSR count). The largest absolute Gasteiger partial charge is 0.480 e. The van der Waals surface area contributed by atoms with Gasteiger partial charge in [-0.25, -0.2) is 4.79 Å². The summed E-state index contributed by atoms with van der Waals surface area (Å²) in [4.78, 5) is 23.3. The molecule has 5 nitrogen and oxygen atoms in total. The van der Waals surface area contributed by atoms with Crippen molar-refractivity contribution < 1.29 is 19.1 Å². The number of aliphatic carboxylic acids is 1. The standard InChI is InChI=1S/C15H15NO4/c1-10-12(7-8-20-10)14(17)16-13(15(18)19)9-11-5-3-2-4-6-11/h2-8,13H,9H2,1H3,(H,16,17)(H,18,19). The van der Waals surface area contributed by atoms with Gasteiger partial charge in [-0.05, 0) is 18.6 Å². The molecule has 1 amide bonds. The molecule has 0 aliphatic rings. The van der Waals surface area contributed by atoms with Crippen LogP contribution in [0.4, 0.5) is 0 Å². The van der Waals surface area contributed by atoms with Gasteiger partial charge in [0.15, 0.2) is 0 Å². The third kappa shape index (κ3) is 3.26. The van der Waals surface area contributed by atoms with E-state index in [1.165, 1.54) is 12.3 Å². The van der Waals surface area contributed by atoms with Crippen LogP contribution in [0.5, 0.6) is 0 Å². The molecule has 0 saturated carbocycles. The van der Waals surface area contributed by atoms with Gasteiger partial charge < -0.3 is 14.8 Å². The first-order valence-electron chi connectivity index (χ1n) is 6.19. The fourth-order valence-corrected chi connectivity index (χ4v) is 1.91. The second-order valence-corrected chi connectivity index (χ2v) is 4.44. The molecule has 0 spiro atoms. The number of carboxylic acid groups (broad SMARTS) is 1. The monoisotopic (exact) mass is 273 g/mol. The molecule has 0 aliphatic carbocycles. The number of rotatable bonds is 5. The number of furan rings is 1. The number of carbonyl (C=O) groups is 2. The number of amides is 1. The third-order valence-electron chi connectivity index (χ3n) is 2.99. The Balaban J connectivity index is 2.09. The normalized spacial score (nSPS) is 11.8. The van der Waals surface area contributed by atoms with Gasteiger partial charge in [-0.15, -0.1) is 0 Å². The van der Waals surface area contributed by atoms with Crippen LogP contribution in [-0.4, -0.2) is 23.0 Å². The van der Waals surface area contributed by atoms with Crippen molar-refractivity contribution in [3.63, 3.8) is 0 Å². The zero-order chi connectivity index (χ0) is 14.5. The fourth-order valence-electron chi connectivity index (χ4n) is 1.91. The van der Waals surface area contributed by atoms with Gasteiger partial charge in [-0.3, -0.25) is 4.79 Å². The van der Waals surface area contributed by atoms with E-state index in [0.717, 1.165) is 5.56 Å². The molecule has 104 valence electrons. The summed E-state index contributed by atoms with van der Waals surface area (Å²) in [5, 5.41) is 11.7. The summed E-state index contributed by atoms with van der Waals surface area (Å²) in [6, 6.07) is 9.71. The lowest BCUT2D eigenvalue weighted by Gasteiger charge is -2.14. The quantitative estimate of drug-likeness (QED) is 0.873. The van der Waals surface area contributed by atoms with E-state index in [2.05, 4.69) is 5.32 Å². The van der Waals surface area contributed by atoms with E-state index >= 15 is 0 Å². The second-order valence-electron chi connectivity index (χ2n) is 4.44. The maximum Gasteiger partial charge on any atom is 0.326 e. The summed E-state index contributed by atoms with van der Waals surface area (Å²) in [6.07, 6.45) is 1.63. The van der Waals surface area contributed by atoms with E-state index < -0.39 is 17.9 Å². The molecule has 1 unspecified atom stereocenters. The highest BCUT2D eigenvalue weighted by Crippen LogP contribution is 2.10. The zero-order valence-corrected chi connectivity index (χ0v) is 11.0. The molecule has 1 aromatic carbocycles. The molecule has 5 heteroatoms. The van der Waals surface area contributed by atoms with Crippen molar-refractivity contribution in [2.24, 2.45) is 0 Å². The first-order chi connectivity index (χ1) is 9.58. The minimum atomic E-state index is -1.07. The van der Waals surface area contributed by atoms with Gasteiger partial charge >= 0.3 is 5.97 Å². The van der Waals surface area contributed by atoms with Gasteiger partial charge in [-0.2, -0.15) is 0 Å². The van der Waals surface area contributed by atoms with E-state index in [4.69, 9.17) is 4.42 Å². The van der Waals surface area contributed by atoms with Gasteiger partial charge in [-0.1, -0.05) is 30.3 Å². The Labute approximate surface area is 116 Å². The van der Waals surface area contributed by atoms with E-state index in [-0.39, 0.29) is 6.42 Å².